The van der Waals surface area contributed by atoms with Crippen LogP contribution in [-0.2, 0) is 4.79 Å². The van der Waals surface area contributed by atoms with Gasteiger partial charge < -0.3 is 15.7 Å². The minimum atomic E-state index is -0.530. The van der Waals surface area contributed by atoms with Crippen molar-refractivity contribution >= 4 is 5.91 Å². The summed E-state index contributed by atoms with van der Waals surface area (Å²) >= 11 is 0. The summed E-state index contributed by atoms with van der Waals surface area (Å²) in [6, 6.07) is 7.86. The summed E-state index contributed by atoms with van der Waals surface area (Å²) in [5.41, 5.74) is 1.78. The Bertz CT molecular complexity index is 483. The highest BCUT2D eigenvalue weighted by Gasteiger charge is 2.43. The smallest absolute Gasteiger partial charge is 0.227 e. The van der Waals surface area contributed by atoms with Gasteiger partial charge in [-0.2, -0.15) is 0 Å². The predicted molar refractivity (Wildman–Crippen MR) is 84.0 cm³/mol. The van der Waals surface area contributed by atoms with E-state index in [1.807, 2.05) is 38.1 Å². The highest BCUT2D eigenvalue weighted by atomic mass is 16.3. The first-order chi connectivity index (χ1) is 10.1. The molecule has 1 fully saturated rings. The number of aliphatic hydroxyl groups is 1. The van der Waals surface area contributed by atoms with Crippen molar-refractivity contribution in [2.24, 2.45) is 5.41 Å². The van der Waals surface area contributed by atoms with Gasteiger partial charge in [-0.25, -0.2) is 0 Å². The molecular formula is C17H26N2O2. The van der Waals surface area contributed by atoms with E-state index in [1.165, 1.54) is 0 Å². The van der Waals surface area contributed by atoms with Gasteiger partial charge in [0.25, 0.3) is 0 Å². The summed E-state index contributed by atoms with van der Waals surface area (Å²) in [6.07, 6.45) is 2.45. The maximum Gasteiger partial charge on any atom is 0.227 e. The Balaban J connectivity index is 1.86. The number of hydrogen-bond donors (Lipinski definition) is 3. The van der Waals surface area contributed by atoms with Gasteiger partial charge in [0.15, 0.2) is 0 Å². The Kier molecular flexibility index (Phi) is 5.37. The van der Waals surface area contributed by atoms with Crippen LogP contribution in [0.5, 0.6) is 0 Å². The molecule has 21 heavy (non-hydrogen) atoms. The summed E-state index contributed by atoms with van der Waals surface area (Å²) in [5, 5.41) is 16.5. The number of hydrogen-bond acceptors (Lipinski definition) is 3. The number of rotatable bonds is 7. The molecule has 1 amide bonds. The first-order valence-corrected chi connectivity index (χ1v) is 7.82. The van der Waals surface area contributed by atoms with Crippen molar-refractivity contribution in [3.8, 4) is 0 Å². The summed E-state index contributed by atoms with van der Waals surface area (Å²) in [6.45, 7) is 5.74. The average Bonchev–Trinajstić information content (AvgIpc) is 2.42. The normalized spacial score (nSPS) is 17.9. The lowest BCUT2D eigenvalue weighted by Gasteiger charge is -2.40. The van der Waals surface area contributed by atoms with Gasteiger partial charge in [-0.1, -0.05) is 30.7 Å². The van der Waals surface area contributed by atoms with E-state index in [9.17, 15) is 9.90 Å². The second-order valence-corrected chi connectivity index (χ2v) is 6.00. The number of aryl methyl sites for hydroxylation is 1. The molecule has 1 atom stereocenters. The SMILES string of the molecule is CCNC(=O)C1(CNCC(O)c2ccccc2C)CCC1. The highest BCUT2D eigenvalue weighted by Crippen LogP contribution is 2.40. The first-order valence-electron chi connectivity index (χ1n) is 7.82. The molecule has 1 aliphatic rings. The minimum Gasteiger partial charge on any atom is -0.387 e. The Morgan fingerprint density at radius 2 is 2.10 bits per heavy atom. The van der Waals surface area contributed by atoms with Crippen molar-refractivity contribution in [3.63, 3.8) is 0 Å². The van der Waals surface area contributed by atoms with Crippen LogP contribution < -0.4 is 10.6 Å². The van der Waals surface area contributed by atoms with Crippen molar-refractivity contribution in [2.45, 2.75) is 39.2 Å². The molecule has 116 valence electrons. The first kappa shape index (κ1) is 16.0. The Labute approximate surface area is 126 Å². The van der Waals surface area contributed by atoms with E-state index in [0.717, 1.165) is 30.4 Å². The van der Waals surface area contributed by atoms with E-state index in [-0.39, 0.29) is 11.3 Å². The van der Waals surface area contributed by atoms with Crippen molar-refractivity contribution in [2.75, 3.05) is 19.6 Å². The van der Waals surface area contributed by atoms with Gasteiger partial charge in [-0.15, -0.1) is 0 Å². The Morgan fingerprint density at radius 1 is 1.38 bits per heavy atom. The van der Waals surface area contributed by atoms with Crippen LogP contribution in [0.25, 0.3) is 0 Å². The third kappa shape index (κ3) is 3.63. The molecule has 1 aliphatic carbocycles. The fraction of sp³-hybridized carbons (Fsp3) is 0.588. The third-order valence-electron chi connectivity index (χ3n) is 4.48. The van der Waals surface area contributed by atoms with Gasteiger partial charge in [0.2, 0.25) is 5.91 Å². The maximum atomic E-state index is 12.1. The van der Waals surface area contributed by atoms with E-state index in [0.29, 0.717) is 19.6 Å². The number of carbonyl (C=O) groups excluding carboxylic acids is 1. The molecule has 0 saturated heterocycles. The molecule has 1 aromatic rings. The molecule has 0 spiro atoms. The van der Waals surface area contributed by atoms with Crippen molar-refractivity contribution in [1.82, 2.24) is 10.6 Å². The third-order valence-corrected chi connectivity index (χ3v) is 4.48. The average molecular weight is 290 g/mol. The van der Waals surface area contributed by atoms with Crippen LogP contribution in [0.15, 0.2) is 24.3 Å². The van der Waals surface area contributed by atoms with Crippen molar-refractivity contribution in [3.05, 3.63) is 35.4 Å². The topological polar surface area (TPSA) is 61.4 Å². The molecule has 1 saturated carbocycles. The lowest BCUT2D eigenvalue weighted by molar-refractivity contribution is -0.135. The lowest BCUT2D eigenvalue weighted by Crippen LogP contribution is -2.51. The van der Waals surface area contributed by atoms with Gasteiger partial charge in [0, 0.05) is 19.6 Å². The number of aliphatic hydroxyl groups excluding tert-OH is 1. The Hall–Kier alpha value is -1.39. The number of nitrogens with one attached hydrogen (secondary N) is 2. The second kappa shape index (κ2) is 7.05. The second-order valence-electron chi connectivity index (χ2n) is 6.00. The van der Waals surface area contributed by atoms with Crippen LogP contribution in [0, 0.1) is 12.3 Å². The van der Waals surface area contributed by atoms with Crippen LogP contribution in [0.4, 0.5) is 0 Å². The minimum absolute atomic E-state index is 0.147. The maximum absolute atomic E-state index is 12.1. The number of carbonyl (C=O) groups is 1. The summed E-state index contributed by atoms with van der Waals surface area (Å²) in [4.78, 5) is 12.1. The van der Waals surface area contributed by atoms with Crippen molar-refractivity contribution < 1.29 is 9.90 Å². The van der Waals surface area contributed by atoms with E-state index < -0.39 is 6.10 Å². The van der Waals surface area contributed by atoms with Gasteiger partial charge in [0.1, 0.15) is 0 Å². The molecule has 2 rings (SSSR count). The summed E-state index contributed by atoms with van der Waals surface area (Å²) in [5.74, 6) is 0.147. The van der Waals surface area contributed by atoms with Crippen LogP contribution >= 0.6 is 0 Å². The molecule has 3 N–H and O–H groups in total. The largest absolute Gasteiger partial charge is 0.387 e. The fourth-order valence-electron chi connectivity index (χ4n) is 2.95. The molecule has 4 nitrogen and oxygen atoms in total. The van der Waals surface area contributed by atoms with Gasteiger partial charge >= 0.3 is 0 Å². The fourth-order valence-corrected chi connectivity index (χ4v) is 2.95. The molecular weight excluding hydrogens is 264 g/mol. The van der Waals surface area contributed by atoms with Gasteiger partial charge in [-0.3, -0.25) is 4.79 Å². The molecule has 4 heteroatoms. The van der Waals surface area contributed by atoms with Crippen LogP contribution in [0.3, 0.4) is 0 Å². The molecule has 0 heterocycles. The zero-order valence-electron chi connectivity index (χ0n) is 13.0. The zero-order valence-corrected chi connectivity index (χ0v) is 13.0. The number of benzene rings is 1. The molecule has 0 aromatic heterocycles. The van der Waals surface area contributed by atoms with Crippen LogP contribution in [0.1, 0.15) is 43.4 Å². The van der Waals surface area contributed by atoms with Gasteiger partial charge in [0.05, 0.1) is 11.5 Å². The predicted octanol–water partition coefficient (Wildman–Crippen LogP) is 1.92. The lowest BCUT2D eigenvalue weighted by atomic mass is 9.68. The summed E-state index contributed by atoms with van der Waals surface area (Å²) in [7, 11) is 0. The van der Waals surface area contributed by atoms with E-state index in [1.54, 1.807) is 0 Å². The van der Waals surface area contributed by atoms with E-state index >= 15 is 0 Å². The van der Waals surface area contributed by atoms with Crippen molar-refractivity contribution in [1.29, 1.82) is 0 Å². The molecule has 1 aromatic carbocycles. The summed E-state index contributed by atoms with van der Waals surface area (Å²) < 4.78 is 0. The monoisotopic (exact) mass is 290 g/mol. The molecule has 0 aliphatic heterocycles. The van der Waals surface area contributed by atoms with E-state index in [4.69, 9.17) is 0 Å². The quantitative estimate of drug-likeness (QED) is 0.719. The Morgan fingerprint density at radius 3 is 2.67 bits per heavy atom. The molecule has 0 bridgehead atoms. The number of amides is 1. The highest BCUT2D eigenvalue weighted by molar-refractivity contribution is 5.83. The standard InChI is InChI=1S/C17H26N2O2/c1-3-19-16(21)17(9-6-10-17)12-18-11-15(20)14-8-5-4-7-13(14)2/h4-5,7-8,15,18,20H,3,6,9-12H2,1-2H3,(H,19,21). The van der Waals surface area contributed by atoms with E-state index in [2.05, 4.69) is 10.6 Å². The molecule has 1 unspecified atom stereocenters. The molecule has 0 radical (unpaired) electrons. The van der Waals surface area contributed by atoms with Crippen LogP contribution in [-0.4, -0.2) is 30.6 Å². The van der Waals surface area contributed by atoms with Gasteiger partial charge in [-0.05, 0) is 37.8 Å². The zero-order chi connectivity index (χ0) is 15.3. The van der Waals surface area contributed by atoms with Crippen LogP contribution in [0.2, 0.25) is 0 Å².